The second-order valence-corrected chi connectivity index (χ2v) is 7.95. The fraction of sp³-hybridized carbons (Fsp3) is 0.571. The van der Waals surface area contributed by atoms with Crippen LogP contribution in [0, 0.1) is 0 Å². The zero-order valence-corrected chi connectivity index (χ0v) is 14.3. The van der Waals surface area contributed by atoms with Gasteiger partial charge >= 0.3 is 6.09 Å². The van der Waals surface area contributed by atoms with E-state index in [9.17, 15) is 9.59 Å². The van der Waals surface area contributed by atoms with Gasteiger partial charge in [0.1, 0.15) is 5.60 Å². The number of nitrogens with one attached hydrogen (secondary N) is 1. The zero-order valence-electron chi connectivity index (χ0n) is 12.8. The monoisotopic (exact) mass is 345 g/mol. The lowest BCUT2D eigenvalue weighted by Gasteiger charge is -2.24. The average molecular weight is 346 g/mol. The van der Waals surface area contributed by atoms with Crippen LogP contribution in [-0.4, -0.2) is 47.7 Å². The molecular weight excluding hydrogens is 326 g/mol. The van der Waals surface area contributed by atoms with Gasteiger partial charge in [0, 0.05) is 19.1 Å². The van der Waals surface area contributed by atoms with Crippen molar-refractivity contribution in [3.63, 3.8) is 0 Å². The summed E-state index contributed by atoms with van der Waals surface area (Å²) in [4.78, 5) is 26.2. The third kappa shape index (κ3) is 4.34. The minimum Gasteiger partial charge on any atom is -0.444 e. The highest BCUT2D eigenvalue weighted by molar-refractivity contribution is 7.17. The number of thiophene rings is 1. The van der Waals surface area contributed by atoms with Gasteiger partial charge in [-0.2, -0.15) is 0 Å². The van der Waals surface area contributed by atoms with Crippen LogP contribution in [0.4, 0.5) is 4.79 Å². The molecule has 1 aromatic heterocycles. The Morgan fingerprint density at radius 2 is 2.09 bits per heavy atom. The Bertz CT molecular complexity index is 570. The van der Waals surface area contributed by atoms with Crippen molar-refractivity contribution in [2.45, 2.75) is 38.5 Å². The molecule has 2 rings (SSSR count). The van der Waals surface area contributed by atoms with Gasteiger partial charge in [-0.1, -0.05) is 11.6 Å². The molecule has 1 unspecified atom stereocenters. The number of nitrogens with two attached hydrogens (primary N) is 1. The normalized spacial score (nSPS) is 21.8. The van der Waals surface area contributed by atoms with Crippen LogP contribution in [0.15, 0.2) is 12.1 Å². The molecule has 22 heavy (non-hydrogen) atoms. The summed E-state index contributed by atoms with van der Waals surface area (Å²) in [6.45, 7) is 6.11. The summed E-state index contributed by atoms with van der Waals surface area (Å²) in [5.74, 6) is -0.233. The Morgan fingerprint density at radius 3 is 2.64 bits per heavy atom. The lowest BCUT2D eigenvalue weighted by atomic mass is 10.2. The Kier molecular flexibility index (Phi) is 4.99. The molecule has 1 aliphatic heterocycles. The van der Waals surface area contributed by atoms with Crippen molar-refractivity contribution in [2.24, 2.45) is 5.73 Å². The fourth-order valence-electron chi connectivity index (χ4n) is 2.13. The van der Waals surface area contributed by atoms with Gasteiger partial charge in [-0.05, 0) is 32.9 Å². The molecule has 2 atom stereocenters. The van der Waals surface area contributed by atoms with Gasteiger partial charge in [0.15, 0.2) is 0 Å². The van der Waals surface area contributed by atoms with Crippen molar-refractivity contribution in [3.8, 4) is 0 Å². The highest BCUT2D eigenvalue weighted by Gasteiger charge is 2.36. The molecule has 0 aliphatic carbocycles. The summed E-state index contributed by atoms with van der Waals surface area (Å²) in [6, 6.07) is 2.70. The molecule has 0 spiro atoms. The lowest BCUT2D eigenvalue weighted by molar-refractivity contribution is 0.0288. The quantitative estimate of drug-likeness (QED) is 0.859. The van der Waals surface area contributed by atoms with Crippen LogP contribution in [0.5, 0.6) is 0 Å². The summed E-state index contributed by atoms with van der Waals surface area (Å²) in [5, 5.41) is 2.84. The number of carbonyl (C=O) groups excluding carboxylic acids is 2. The first kappa shape index (κ1) is 17.1. The third-order valence-electron chi connectivity index (χ3n) is 3.13. The standard InChI is InChI=1S/C14H20ClN3O3S/c1-14(2,3)21-13(20)18-6-8(16)9(7-18)17-12(19)10-4-5-11(15)22-10/h4-5,8-9H,6-7,16H2,1-3H3,(H,17,19)/t8?,9-/m0/s1. The van der Waals surface area contributed by atoms with E-state index >= 15 is 0 Å². The first-order valence-electron chi connectivity index (χ1n) is 6.95. The summed E-state index contributed by atoms with van der Waals surface area (Å²) >= 11 is 7.02. The highest BCUT2D eigenvalue weighted by Crippen LogP contribution is 2.22. The van der Waals surface area contributed by atoms with E-state index in [1.807, 2.05) is 0 Å². The van der Waals surface area contributed by atoms with E-state index in [0.717, 1.165) is 0 Å². The van der Waals surface area contributed by atoms with Crippen molar-refractivity contribution < 1.29 is 14.3 Å². The van der Waals surface area contributed by atoms with E-state index in [0.29, 0.717) is 22.3 Å². The first-order chi connectivity index (χ1) is 10.2. The van der Waals surface area contributed by atoms with E-state index in [1.165, 1.54) is 16.2 Å². The van der Waals surface area contributed by atoms with Crippen LogP contribution in [0.2, 0.25) is 4.34 Å². The molecule has 8 heteroatoms. The molecule has 1 aromatic rings. The van der Waals surface area contributed by atoms with Crippen LogP contribution >= 0.6 is 22.9 Å². The molecule has 0 saturated carbocycles. The maximum absolute atomic E-state index is 12.1. The average Bonchev–Trinajstić information content (AvgIpc) is 2.95. The molecule has 0 bridgehead atoms. The Morgan fingerprint density at radius 1 is 1.41 bits per heavy atom. The van der Waals surface area contributed by atoms with Crippen LogP contribution in [0.25, 0.3) is 0 Å². The molecule has 0 aromatic carbocycles. The molecule has 1 saturated heterocycles. The SMILES string of the molecule is CC(C)(C)OC(=O)N1CC(N)[C@@H](NC(=O)c2ccc(Cl)s2)C1. The van der Waals surface area contributed by atoms with Crippen molar-refractivity contribution in [1.82, 2.24) is 10.2 Å². The molecule has 2 heterocycles. The largest absolute Gasteiger partial charge is 0.444 e. The highest BCUT2D eigenvalue weighted by atomic mass is 35.5. The number of rotatable bonds is 2. The molecule has 122 valence electrons. The summed E-state index contributed by atoms with van der Waals surface area (Å²) in [5.41, 5.74) is 5.46. The van der Waals surface area contributed by atoms with Crippen LogP contribution in [0.1, 0.15) is 30.4 Å². The molecule has 2 amide bonds. The Balaban J connectivity index is 1.94. The number of likely N-dealkylation sites (tertiary alicyclic amines) is 1. The zero-order chi connectivity index (χ0) is 16.5. The number of nitrogens with zero attached hydrogens (tertiary/aromatic N) is 1. The van der Waals surface area contributed by atoms with Gasteiger partial charge < -0.3 is 20.7 Å². The van der Waals surface area contributed by atoms with Crippen molar-refractivity contribution in [3.05, 3.63) is 21.3 Å². The maximum Gasteiger partial charge on any atom is 0.410 e. The van der Waals surface area contributed by atoms with Gasteiger partial charge in [-0.15, -0.1) is 11.3 Å². The predicted octanol–water partition coefficient (Wildman–Crippen LogP) is 2.08. The van der Waals surface area contributed by atoms with Gasteiger partial charge in [0.05, 0.1) is 15.3 Å². The Labute approximate surface area is 138 Å². The minimum atomic E-state index is -0.559. The number of carbonyl (C=O) groups is 2. The van der Waals surface area contributed by atoms with E-state index < -0.39 is 11.7 Å². The number of amides is 2. The second kappa shape index (κ2) is 6.44. The molecule has 0 radical (unpaired) electrons. The van der Waals surface area contributed by atoms with Crippen molar-refractivity contribution >= 4 is 34.9 Å². The van der Waals surface area contributed by atoms with Crippen molar-refractivity contribution in [1.29, 1.82) is 0 Å². The minimum absolute atomic E-state index is 0.233. The van der Waals surface area contributed by atoms with Gasteiger partial charge in [-0.3, -0.25) is 4.79 Å². The predicted molar refractivity (Wildman–Crippen MR) is 86.4 cm³/mol. The summed E-state index contributed by atoms with van der Waals surface area (Å²) < 4.78 is 5.87. The second-order valence-electron chi connectivity index (χ2n) is 6.23. The third-order valence-corrected chi connectivity index (χ3v) is 4.36. The lowest BCUT2D eigenvalue weighted by Crippen LogP contribution is -2.46. The van der Waals surface area contributed by atoms with Crippen LogP contribution in [-0.2, 0) is 4.74 Å². The van der Waals surface area contributed by atoms with Crippen LogP contribution in [0.3, 0.4) is 0 Å². The number of halogens is 1. The topological polar surface area (TPSA) is 84.7 Å². The molecule has 3 N–H and O–H groups in total. The van der Waals surface area contributed by atoms with E-state index in [2.05, 4.69) is 5.32 Å². The molecule has 6 nitrogen and oxygen atoms in total. The number of hydrogen-bond acceptors (Lipinski definition) is 5. The van der Waals surface area contributed by atoms with Gasteiger partial charge in [0.2, 0.25) is 0 Å². The fourth-order valence-corrected chi connectivity index (χ4v) is 3.08. The van der Waals surface area contributed by atoms with Gasteiger partial charge in [0.25, 0.3) is 5.91 Å². The summed E-state index contributed by atoms with van der Waals surface area (Å²) in [6.07, 6.45) is -0.418. The smallest absolute Gasteiger partial charge is 0.410 e. The maximum atomic E-state index is 12.1. The van der Waals surface area contributed by atoms with E-state index in [-0.39, 0.29) is 18.0 Å². The first-order valence-corrected chi connectivity index (χ1v) is 8.15. The molecule has 1 aliphatic rings. The number of hydrogen-bond donors (Lipinski definition) is 2. The van der Waals surface area contributed by atoms with E-state index in [1.54, 1.807) is 32.9 Å². The molecule has 1 fully saturated rings. The summed E-state index contributed by atoms with van der Waals surface area (Å²) in [7, 11) is 0. The van der Waals surface area contributed by atoms with E-state index in [4.69, 9.17) is 22.1 Å². The number of ether oxygens (including phenoxy) is 1. The Hall–Kier alpha value is -1.31. The van der Waals surface area contributed by atoms with Crippen LogP contribution < -0.4 is 11.1 Å². The molecular formula is C14H20ClN3O3S. The van der Waals surface area contributed by atoms with Gasteiger partial charge in [-0.25, -0.2) is 4.79 Å². The van der Waals surface area contributed by atoms with Crippen molar-refractivity contribution in [2.75, 3.05) is 13.1 Å².